The highest BCUT2D eigenvalue weighted by Crippen LogP contribution is 2.38. The fourth-order valence-corrected chi connectivity index (χ4v) is 4.65. The van der Waals surface area contributed by atoms with E-state index in [2.05, 4.69) is 15.4 Å². The largest absolute Gasteiger partial charge is 0.298 e. The molecule has 0 unspecified atom stereocenters. The Morgan fingerprint density at radius 3 is 2.34 bits per heavy atom. The third-order valence-electron chi connectivity index (χ3n) is 4.63. The average Bonchev–Trinajstić information content (AvgIpc) is 3.18. The molecule has 1 amide bonds. The Balaban J connectivity index is 1.80. The molecule has 0 fully saturated rings. The summed E-state index contributed by atoms with van der Waals surface area (Å²) in [5.74, 6) is -0.458. The van der Waals surface area contributed by atoms with E-state index in [1.807, 2.05) is 44.2 Å². The Kier molecular flexibility index (Phi) is 6.41. The highest BCUT2D eigenvalue weighted by Gasteiger charge is 2.21. The zero-order valence-corrected chi connectivity index (χ0v) is 19.5. The normalized spacial score (nSPS) is 11.0. The number of nitrogens with zero attached hydrogens (tertiary/aromatic N) is 3. The molecule has 2 aromatic heterocycles. The summed E-state index contributed by atoms with van der Waals surface area (Å²) in [7, 11) is 0. The number of aromatic nitrogens is 3. The number of carbonyl (C=O) groups excluding carboxylic acids is 1. The first-order chi connectivity index (χ1) is 15.3. The lowest BCUT2D eigenvalue weighted by Crippen LogP contribution is -2.23. The van der Waals surface area contributed by atoms with Crippen LogP contribution in [-0.2, 0) is 0 Å². The first-order valence-corrected chi connectivity index (χ1v) is 11.3. The molecule has 1 N–H and O–H groups in total. The Labute approximate surface area is 198 Å². The van der Waals surface area contributed by atoms with Crippen LogP contribution in [0, 0.1) is 0 Å². The molecule has 6 nitrogen and oxygen atoms in total. The zero-order chi connectivity index (χ0) is 22.8. The summed E-state index contributed by atoms with van der Waals surface area (Å²) in [6.45, 7) is 3.78. The van der Waals surface area contributed by atoms with Crippen molar-refractivity contribution in [3.63, 3.8) is 0 Å². The zero-order valence-electron chi connectivity index (χ0n) is 17.2. The molecule has 0 aliphatic carbocycles. The SMILES string of the molecule is CC(C)n1nc(-c2sc(NC(=O)c3c(Cl)cccc3Cl)nc2-c2ccccc2)ccc1=O. The quantitative estimate of drug-likeness (QED) is 0.367. The predicted octanol–water partition coefficient (Wildman–Crippen LogP) is 6.17. The van der Waals surface area contributed by atoms with Crippen LogP contribution < -0.4 is 10.9 Å². The number of benzene rings is 2. The van der Waals surface area contributed by atoms with Gasteiger partial charge in [-0.15, -0.1) is 0 Å². The van der Waals surface area contributed by atoms with E-state index in [9.17, 15) is 9.59 Å². The van der Waals surface area contributed by atoms with Crippen molar-refractivity contribution < 1.29 is 4.79 Å². The van der Waals surface area contributed by atoms with E-state index in [-0.39, 0.29) is 27.2 Å². The number of nitrogens with one attached hydrogen (secondary N) is 1. The molecule has 0 radical (unpaired) electrons. The molecule has 2 heterocycles. The molecule has 2 aromatic carbocycles. The van der Waals surface area contributed by atoms with Gasteiger partial charge in [0.05, 0.1) is 32.2 Å². The summed E-state index contributed by atoms with van der Waals surface area (Å²) in [6.07, 6.45) is 0. The summed E-state index contributed by atoms with van der Waals surface area (Å²) in [5, 5.41) is 8.19. The van der Waals surface area contributed by atoms with Gasteiger partial charge in [0.15, 0.2) is 5.13 Å². The van der Waals surface area contributed by atoms with Crippen LogP contribution in [0.2, 0.25) is 10.0 Å². The van der Waals surface area contributed by atoms with Crippen LogP contribution in [-0.4, -0.2) is 20.7 Å². The Bertz CT molecular complexity index is 1330. The van der Waals surface area contributed by atoms with E-state index < -0.39 is 5.91 Å². The van der Waals surface area contributed by atoms with E-state index in [1.54, 1.807) is 24.3 Å². The Morgan fingerprint density at radius 1 is 1.00 bits per heavy atom. The lowest BCUT2D eigenvalue weighted by Gasteiger charge is -2.09. The van der Waals surface area contributed by atoms with Gasteiger partial charge in [-0.05, 0) is 32.0 Å². The second kappa shape index (κ2) is 9.24. The molecule has 4 rings (SSSR count). The molecular weight excluding hydrogens is 467 g/mol. The number of carbonyl (C=O) groups is 1. The summed E-state index contributed by atoms with van der Waals surface area (Å²) < 4.78 is 1.42. The summed E-state index contributed by atoms with van der Waals surface area (Å²) in [4.78, 5) is 30.4. The first kappa shape index (κ1) is 22.2. The number of hydrogen-bond acceptors (Lipinski definition) is 5. The third kappa shape index (κ3) is 4.46. The van der Waals surface area contributed by atoms with Gasteiger partial charge >= 0.3 is 0 Å². The van der Waals surface area contributed by atoms with Crippen molar-refractivity contribution in [2.24, 2.45) is 0 Å². The van der Waals surface area contributed by atoms with Gasteiger partial charge in [0, 0.05) is 11.6 Å². The molecule has 0 aliphatic rings. The number of amides is 1. The van der Waals surface area contributed by atoms with Crippen LogP contribution in [0.4, 0.5) is 5.13 Å². The van der Waals surface area contributed by atoms with Crippen molar-refractivity contribution >= 4 is 45.6 Å². The van der Waals surface area contributed by atoms with Crippen molar-refractivity contribution in [1.82, 2.24) is 14.8 Å². The number of hydrogen-bond donors (Lipinski definition) is 1. The third-order valence-corrected chi connectivity index (χ3v) is 6.25. The standard InChI is InChI=1S/C23H18Cl2N4O2S/c1-13(2)29-18(30)12-11-17(28-29)21-20(14-7-4-3-5-8-14)26-23(32-21)27-22(31)19-15(24)9-6-10-16(19)25/h3-13H,1-2H3,(H,26,27,31). The molecule has 4 aromatic rings. The molecular formula is C23H18Cl2N4O2S. The maximum atomic E-state index is 12.9. The fourth-order valence-electron chi connectivity index (χ4n) is 3.13. The van der Waals surface area contributed by atoms with Crippen LogP contribution in [0.3, 0.4) is 0 Å². The van der Waals surface area contributed by atoms with Crippen LogP contribution in [0.25, 0.3) is 21.8 Å². The first-order valence-electron chi connectivity index (χ1n) is 9.77. The minimum atomic E-state index is -0.458. The number of halogens is 2. The number of anilines is 1. The van der Waals surface area contributed by atoms with Crippen LogP contribution in [0.15, 0.2) is 65.5 Å². The van der Waals surface area contributed by atoms with Gasteiger partial charge < -0.3 is 0 Å². The predicted molar refractivity (Wildman–Crippen MR) is 130 cm³/mol. The van der Waals surface area contributed by atoms with Gasteiger partial charge in [-0.2, -0.15) is 5.10 Å². The van der Waals surface area contributed by atoms with E-state index >= 15 is 0 Å². The summed E-state index contributed by atoms with van der Waals surface area (Å²) >= 11 is 13.6. The highest BCUT2D eigenvalue weighted by atomic mass is 35.5. The molecule has 0 aliphatic heterocycles. The highest BCUT2D eigenvalue weighted by molar-refractivity contribution is 7.19. The maximum Gasteiger partial charge on any atom is 0.267 e. The second-order valence-electron chi connectivity index (χ2n) is 7.21. The Morgan fingerprint density at radius 2 is 1.69 bits per heavy atom. The molecule has 0 atom stereocenters. The lowest BCUT2D eigenvalue weighted by atomic mass is 10.1. The number of rotatable bonds is 5. The monoisotopic (exact) mass is 484 g/mol. The topological polar surface area (TPSA) is 76.9 Å². The van der Waals surface area contributed by atoms with Gasteiger partial charge in [0.2, 0.25) is 0 Å². The Hall–Kier alpha value is -3.00. The average molecular weight is 485 g/mol. The van der Waals surface area contributed by atoms with Gasteiger partial charge in [-0.3, -0.25) is 14.9 Å². The second-order valence-corrected chi connectivity index (χ2v) is 9.02. The summed E-state index contributed by atoms with van der Waals surface area (Å²) in [5.41, 5.74) is 2.10. The minimum absolute atomic E-state index is 0.0999. The molecule has 0 spiro atoms. The van der Waals surface area contributed by atoms with Gasteiger partial charge in [-0.1, -0.05) is 70.9 Å². The van der Waals surface area contributed by atoms with Crippen molar-refractivity contribution in [2.75, 3.05) is 5.32 Å². The van der Waals surface area contributed by atoms with Crippen molar-refractivity contribution in [3.05, 3.63) is 86.6 Å². The van der Waals surface area contributed by atoms with Gasteiger partial charge in [0.1, 0.15) is 5.69 Å². The molecule has 0 bridgehead atoms. The molecule has 0 saturated carbocycles. The lowest BCUT2D eigenvalue weighted by molar-refractivity contribution is 0.102. The van der Waals surface area contributed by atoms with E-state index in [1.165, 1.54) is 22.1 Å². The van der Waals surface area contributed by atoms with E-state index in [4.69, 9.17) is 23.2 Å². The van der Waals surface area contributed by atoms with Gasteiger partial charge in [0.25, 0.3) is 11.5 Å². The van der Waals surface area contributed by atoms with Crippen LogP contribution in [0.5, 0.6) is 0 Å². The van der Waals surface area contributed by atoms with E-state index in [0.717, 1.165) is 10.4 Å². The van der Waals surface area contributed by atoms with E-state index in [0.29, 0.717) is 16.5 Å². The van der Waals surface area contributed by atoms with Gasteiger partial charge in [-0.25, -0.2) is 9.67 Å². The van der Waals surface area contributed by atoms with Crippen molar-refractivity contribution in [1.29, 1.82) is 0 Å². The van der Waals surface area contributed by atoms with Crippen LogP contribution >= 0.6 is 34.5 Å². The molecule has 32 heavy (non-hydrogen) atoms. The maximum absolute atomic E-state index is 12.9. The minimum Gasteiger partial charge on any atom is -0.298 e. The van der Waals surface area contributed by atoms with Crippen molar-refractivity contribution in [2.45, 2.75) is 19.9 Å². The van der Waals surface area contributed by atoms with Crippen molar-refractivity contribution in [3.8, 4) is 21.8 Å². The van der Waals surface area contributed by atoms with Crippen LogP contribution in [0.1, 0.15) is 30.2 Å². The molecule has 162 valence electrons. The summed E-state index contributed by atoms with van der Waals surface area (Å²) in [6, 6.07) is 17.5. The molecule has 9 heteroatoms. The number of thiazole rings is 1. The smallest absolute Gasteiger partial charge is 0.267 e. The molecule has 0 saturated heterocycles. The fraction of sp³-hybridized carbons (Fsp3) is 0.130.